The van der Waals surface area contributed by atoms with E-state index in [1.807, 2.05) is 0 Å². The molecule has 10 heavy (non-hydrogen) atoms. The second-order valence-corrected chi connectivity index (χ2v) is 2.51. The van der Waals surface area contributed by atoms with Crippen molar-refractivity contribution in [2.75, 3.05) is 13.1 Å². The summed E-state index contributed by atoms with van der Waals surface area (Å²) >= 11 is 0. The van der Waals surface area contributed by atoms with Crippen molar-refractivity contribution in [3.8, 4) is 0 Å². The molecule has 1 saturated heterocycles. The van der Waals surface area contributed by atoms with Crippen LogP contribution in [0.4, 0.5) is 8.78 Å². The van der Waals surface area contributed by atoms with E-state index in [0.29, 0.717) is 13.0 Å². The van der Waals surface area contributed by atoms with E-state index >= 15 is 0 Å². The van der Waals surface area contributed by atoms with Crippen LogP contribution in [0, 0.1) is 7.05 Å². The maximum Gasteiger partial charge on any atom is 0.258 e. The molecular weight excluding hydrogens is 308 g/mol. The first-order chi connectivity index (χ1) is 4.10. The molecule has 0 amide bonds. The van der Waals surface area contributed by atoms with Crippen LogP contribution in [-0.4, -0.2) is 23.9 Å². The maximum atomic E-state index is 12.4. The van der Waals surface area contributed by atoms with E-state index in [4.69, 9.17) is 0 Å². The maximum absolute atomic E-state index is 12.4. The van der Waals surface area contributed by atoms with Gasteiger partial charge in [-0.1, -0.05) is 0 Å². The molecule has 0 spiro atoms. The summed E-state index contributed by atoms with van der Waals surface area (Å²) in [4.78, 5) is 1.42. The van der Waals surface area contributed by atoms with Crippen LogP contribution in [0.5, 0.6) is 0 Å². The molecule has 0 radical (unpaired) electrons. The summed E-state index contributed by atoms with van der Waals surface area (Å²) in [7, 11) is 3.45. The first kappa shape index (κ1) is 10.5. The van der Waals surface area contributed by atoms with Gasteiger partial charge in [0.2, 0.25) is 0 Å². The zero-order valence-electron chi connectivity index (χ0n) is 5.65. The summed E-state index contributed by atoms with van der Waals surface area (Å²) in [5, 5.41) is 0. The fourth-order valence-corrected chi connectivity index (χ4v) is 1.05. The Morgan fingerprint density at radius 1 is 1.40 bits per heavy atom. The fourth-order valence-electron chi connectivity index (χ4n) is 1.05. The number of piperidine rings is 1. The van der Waals surface area contributed by atoms with Crippen molar-refractivity contribution in [2.45, 2.75) is 18.8 Å². The van der Waals surface area contributed by atoms with Crippen molar-refractivity contribution in [3.05, 3.63) is 7.05 Å². The standard InChI is InChI=1S/C6H10F2N.W/c1-9-4-2-3-6(7,8)5-9;/h1-5H2;/q-1;. The van der Waals surface area contributed by atoms with E-state index < -0.39 is 5.92 Å². The molecule has 0 aromatic heterocycles. The monoisotopic (exact) mass is 318 g/mol. The minimum absolute atomic E-state index is 0. The second kappa shape index (κ2) is 3.77. The number of halogens is 2. The minimum atomic E-state index is -2.49. The molecule has 1 heterocycles. The average molecular weight is 318 g/mol. The summed E-state index contributed by atoms with van der Waals surface area (Å²) in [6.07, 6.45) is 0.593. The number of hydrogen-bond acceptors (Lipinski definition) is 1. The topological polar surface area (TPSA) is 3.24 Å². The van der Waals surface area contributed by atoms with Crippen LogP contribution in [0.25, 0.3) is 0 Å². The quantitative estimate of drug-likeness (QED) is 0.612. The van der Waals surface area contributed by atoms with Crippen LogP contribution in [-0.2, 0) is 21.1 Å². The molecule has 1 aliphatic heterocycles. The SMILES string of the molecule is [CH2-]N1CCCC(F)(F)C1.[W]. The van der Waals surface area contributed by atoms with Crippen LogP contribution in [0.1, 0.15) is 12.8 Å². The van der Waals surface area contributed by atoms with Crippen LogP contribution < -0.4 is 0 Å². The molecular formula is C6H10F2NW-. The van der Waals surface area contributed by atoms with Gasteiger partial charge in [-0.2, -0.15) is 0 Å². The molecule has 0 N–H and O–H groups in total. The van der Waals surface area contributed by atoms with Crippen LogP contribution in [0.3, 0.4) is 0 Å². The van der Waals surface area contributed by atoms with Gasteiger partial charge in [-0.25, -0.2) is 8.78 Å². The number of alkyl halides is 2. The van der Waals surface area contributed by atoms with Gasteiger partial charge >= 0.3 is 0 Å². The normalized spacial score (nSPS) is 25.5. The molecule has 1 rings (SSSR count). The van der Waals surface area contributed by atoms with E-state index in [0.717, 1.165) is 0 Å². The molecule has 0 aliphatic carbocycles. The number of nitrogens with zero attached hydrogens (tertiary/aromatic N) is 1. The van der Waals surface area contributed by atoms with Crippen LogP contribution >= 0.6 is 0 Å². The number of rotatable bonds is 0. The predicted molar refractivity (Wildman–Crippen MR) is 31.1 cm³/mol. The number of hydrogen-bond donors (Lipinski definition) is 0. The van der Waals surface area contributed by atoms with E-state index in [9.17, 15) is 8.78 Å². The van der Waals surface area contributed by atoms with Gasteiger partial charge in [0, 0.05) is 34.0 Å². The summed E-state index contributed by atoms with van der Waals surface area (Å²) in [5.41, 5.74) is 0. The van der Waals surface area contributed by atoms with Crippen molar-refractivity contribution in [1.82, 2.24) is 4.90 Å². The summed E-state index contributed by atoms with van der Waals surface area (Å²) < 4.78 is 24.7. The van der Waals surface area contributed by atoms with Gasteiger partial charge in [0.1, 0.15) is 0 Å². The Balaban J connectivity index is 0.000000810. The molecule has 0 aromatic carbocycles. The molecule has 0 bridgehead atoms. The van der Waals surface area contributed by atoms with Gasteiger partial charge in [0.05, 0.1) is 0 Å². The first-order valence-corrected chi connectivity index (χ1v) is 3.03. The van der Waals surface area contributed by atoms with Crippen LogP contribution in [0.15, 0.2) is 0 Å². The molecule has 0 saturated carbocycles. The molecule has 0 aromatic rings. The van der Waals surface area contributed by atoms with Crippen molar-refractivity contribution in [3.63, 3.8) is 0 Å². The Kier molecular flexibility index (Phi) is 3.96. The van der Waals surface area contributed by atoms with Gasteiger partial charge in [-0.3, -0.25) is 7.05 Å². The van der Waals surface area contributed by atoms with Crippen molar-refractivity contribution in [1.29, 1.82) is 0 Å². The van der Waals surface area contributed by atoms with Gasteiger partial charge in [-0.05, 0) is 13.0 Å². The fraction of sp³-hybridized carbons (Fsp3) is 0.833. The Morgan fingerprint density at radius 2 is 2.00 bits per heavy atom. The van der Waals surface area contributed by atoms with Gasteiger partial charge in [0.25, 0.3) is 5.92 Å². The van der Waals surface area contributed by atoms with E-state index in [1.54, 1.807) is 0 Å². The Hall–Kier alpha value is 0.508. The zero-order valence-corrected chi connectivity index (χ0v) is 8.58. The van der Waals surface area contributed by atoms with Gasteiger partial charge < -0.3 is 4.90 Å². The molecule has 1 aliphatic rings. The van der Waals surface area contributed by atoms with Crippen LogP contribution in [0.2, 0.25) is 0 Å². The third-order valence-corrected chi connectivity index (χ3v) is 1.47. The largest absolute Gasteiger partial charge is 0.454 e. The van der Waals surface area contributed by atoms with Crippen molar-refractivity contribution >= 4 is 0 Å². The minimum Gasteiger partial charge on any atom is -0.454 e. The number of likely N-dealkylation sites (tertiary alicyclic amines) is 1. The third kappa shape index (κ3) is 3.07. The molecule has 1 nitrogen and oxygen atoms in total. The smallest absolute Gasteiger partial charge is 0.258 e. The zero-order chi connectivity index (χ0) is 6.91. The Labute approximate surface area is 74.0 Å². The average Bonchev–Trinajstić information content (AvgIpc) is 1.60. The molecule has 60 valence electrons. The second-order valence-electron chi connectivity index (χ2n) is 2.51. The molecule has 0 unspecified atom stereocenters. The van der Waals surface area contributed by atoms with E-state index in [2.05, 4.69) is 7.05 Å². The molecule has 0 atom stereocenters. The van der Waals surface area contributed by atoms with Gasteiger partial charge in [0.15, 0.2) is 0 Å². The molecule has 4 heteroatoms. The Morgan fingerprint density at radius 3 is 2.30 bits per heavy atom. The summed E-state index contributed by atoms with van der Waals surface area (Å²) in [6, 6.07) is 0. The van der Waals surface area contributed by atoms with E-state index in [1.165, 1.54) is 4.90 Å². The van der Waals surface area contributed by atoms with Gasteiger partial charge in [-0.15, -0.1) is 0 Å². The predicted octanol–water partition coefficient (Wildman–Crippen LogP) is 1.51. The first-order valence-electron chi connectivity index (χ1n) is 3.03. The molecule has 1 fully saturated rings. The summed E-state index contributed by atoms with van der Waals surface area (Å²) in [5.74, 6) is -2.49. The van der Waals surface area contributed by atoms with Crippen molar-refractivity contribution < 1.29 is 29.8 Å². The summed E-state index contributed by atoms with van der Waals surface area (Å²) in [6.45, 7) is 0.530. The van der Waals surface area contributed by atoms with E-state index in [-0.39, 0.29) is 34.0 Å². The Bertz CT molecular complexity index is 108. The third-order valence-electron chi connectivity index (χ3n) is 1.47. The van der Waals surface area contributed by atoms with Crippen molar-refractivity contribution in [2.24, 2.45) is 0 Å².